The van der Waals surface area contributed by atoms with E-state index in [1.807, 2.05) is 0 Å². The molecule has 13 heteroatoms. The Morgan fingerprint density at radius 3 is 2.65 bits per heavy atom. The molecule has 3 aromatic rings. The van der Waals surface area contributed by atoms with E-state index >= 15 is 0 Å². The van der Waals surface area contributed by atoms with Crippen molar-refractivity contribution < 1.29 is 24.3 Å². The highest BCUT2D eigenvalue weighted by molar-refractivity contribution is 9.10. The van der Waals surface area contributed by atoms with Gasteiger partial charge in [-0.15, -0.1) is 0 Å². The number of methoxy groups -OCH3 is 1. The van der Waals surface area contributed by atoms with Crippen molar-refractivity contribution in [2.75, 3.05) is 13.7 Å². The smallest absolute Gasteiger partial charge is 0.338 e. The van der Waals surface area contributed by atoms with Gasteiger partial charge in [0, 0.05) is 6.07 Å². The number of carbonyl (C=O) groups excluding carboxylic acids is 1. The minimum atomic E-state index is -0.833. The van der Waals surface area contributed by atoms with E-state index in [9.17, 15) is 24.8 Å². The summed E-state index contributed by atoms with van der Waals surface area (Å²) in [6.07, 6.45) is 1.48. The van der Waals surface area contributed by atoms with E-state index in [0.29, 0.717) is 31.8 Å². The van der Waals surface area contributed by atoms with Crippen molar-refractivity contribution >= 4 is 60.9 Å². The number of ether oxygens (including phenoxy) is 2. The number of thiazole rings is 1. The number of aromatic hydroxyl groups is 1. The predicted octanol–water partition coefficient (Wildman–Crippen LogP) is 3.95. The van der Waals surface area contributed by atoms with Crippen LogP contribution >= 0.6 is 43.2 Å². The molecule has 0 radical (unpaired) electrons. The molecule has 0 bridgehead atoms. The van der Waals surface area contributed by atoms with Crippen LogP contribution in [-0.2, 0) is 9.53 Å². The van der Waals surface area contributed by atoms with Gasteiger partial charge in [0.1, 0.15) is 5.75 Å². The van der Waals surface area contributed by atoms with Crippen molar-refractivity contribution in [3.8, 4) is 11.5 Å². The van der Waals surface area contributed by atoms with Gasteiger partial charge in [-0.2, -0.15) is 0 Å². The zero-order valence-corrected chi connectivity index (χ0v) is 23.6. The van der Waals surface area contributed by atoms with Crippen molar-refractivity contribution in [2.45, 2.75) is 19.9 Å². The molecule has 1 N–H and O–H groups in total. The summed E-state index contributed by atoms with van der Waals surface area (Å²) in [6, 6.07) is 7.05. The maximum absolute atomic E-state index is 13.7. The van der Waals surface area contributed by atoms with Gasteiger partial charge in [0.15, 0.2) is 4.80 Å². The first kappa shape index (κ1) is 26.8. The zero-order valence-electron chi connectivity index (χ0n) is 19.7. The number of nitro groups is 1. The number of benzene rings is 2. The predicted molar refractivity (Wildman–Crippen MR) is 144 cm³/mol. The minimum absolute atomic E-state index is 0.113. The van der Waals surface area contributed by atoms with Gasteiger partial charge in [0.2, 0.25) is 5.75 Å². The third kappa shape index (κ3) is 4.98. The van der Waals surface area contributed by atoms with E-state index in [2.05, 4.69) is 36.9 Å². The van der Waals surface area contributed by atoms with Crippen LogP contribution in [0.1, 0.15) is 31.0 Å². The van der Waals surface area contributed by atoms with Crippen LogP contribution in [0.3, 0.4) is 0 Å². The normalized spacial score (nSPS) is 15.3. The molecule has 1 aliphatic heterocycles. The standard InChI is InChI=1S/C24H19Br2N3O7S/c1-4-36-23(32)19-11(2)27-24-28(20(19)13-5-6-17(35-3)14(25)10-13)22(31)18(37-24)9-12-7-15(26)21(30)16(8-12)29(33)34/h5-10,20,30H,4H2,1-3H3/b18-9-/t20-/m1/s1. The Kier molecular flexibility index (Phi) is 7.67. The highest BCUT2D eigenvalue weighted by atomic mass is 79.9. The van der Waals surface area contributed by atoms with Gasteiger partial charge in [0.25, 0.3) is 5.56 Å². The Hall–Kier alpha value is -3.29. The first-order chi connectivity index (χ1) is 17.6. The Morgan fingerprint density at radius 2 is 2.03 bits per heavy atom. The third-order valence-corrected chi connectivity index (χ3v) is 7.78. The lowest BCUT2D eigenvalue weighted by Crippen LogP contribution is -2.40. The molecule has 2 aromatic carbocycles. The first-order valence-electron chi connectivity index (χ1n) is 10.8. The minimum Gasteiger partial charge on any atom is -0.501 e. The lowest BCUT2D eigenvalue weighted by Gasteiger charge is -2.25. The van der Waals surface area contributed by atoms with Crippen molar-refractivity contribution in [2.24, 2.45) is 4.99 Å². The van der Waals surface area contributed by atoms with Gasteiger partial charge >= 0.3 is 11.7 Å². The Labute approximate surface area is 230 Å². The number of hydrogen-bond acceptors (Lipinski definition) is 9. The number of halogens is 2. The van der Waals surface area contributed by atoms with Gasteiger partial charge in [-0.1, -0.05) is 17.4 Å². The second-order valence-corrected chi connectivity index (χ2v) is 10.5. The molecule has 4 rings (SSSR count). The van der Waals surface area contributed by atoms with Crippen LogP contribution in [0.25, 0.3) is 6.08 Å². The van der Waals surface area contributed by atoms with Gasteiger partial charge in [-0.3, -0.25) is 19.5 Å². The molecule has 37 heavy (non-hydrogen) atoms. The molecule has 0 fully saturated rings. The number of allylic oxidation sites excluding steroid dienone is 1. The number of phenols is 1. The van der Waals surface area contributed by atoms with Gasteiger partial charge < -0.3 is 14.6 Å². The summed E-state index contributed by atoms with van der Waals surface area (Å²) in [6.45, 7) is 3.51. The fraction of sp³-hybridized carbons (Fsp3) is 0.208. The summed E-state index contributed by atoms with van der Waals surface area (Å²) in [5, 5.41) is 21.3. The molecule has 0 unspecified atom stereocenters. The topological polar surface area (TPSA) is 133 Å². The summed E-state index contributed by atoms with van der Waals surface area (Å²) in [5.74, 6) is -0.523. The molecule has 192 valence electrons. The Bertz CT molecular complexity index is 1660. The van der Waals surface area contributed by atoms with Crippen LogP contribution in [0.15, 0.2) is 60.3 Å². The molecule has 0 aliphatic carbocycles. The molecule has 0 amide bonds. The average Bonchev–Trinajstić information content (AvgIpc) is 3.14. The number of nitrogens with zero attached hydrogens (tertiary/aromatic N) is 3. The van der Waals surface area contributed by atoms with Crippen molar-refractivity contribution in [1.29, 1.82) is 0 Å². The number of fused-ring (bicyclic) bond motifs is 1. The number of carbonyl (C=O) groups is 1. The highest BCUT2D eigenvalue weighted by Gasteiger charge is 2.33. The summed E-state index contributed by atoms with van der Waals surface area (Å²) < 4.78 is 13.0. The molecular weight excluding hydrogens is 634 g/mol. The maximum atomic E-state index is 13.7. The van der Waals surface area contributed by atoms with Gasteiger partial charge in [0.05, 0.1) is 49.4 Å². The molecule has 1 atom stereocenters. The van der Waals surface area contributed by atoms with Gasteiger partial charge in [-0.05, 0) is 81.1 Å². The van der Waals surface area contributed by atoms with E-state index in [-0.39, 0.29) is 21.2 Å². The molecule has 0 spiro atoms. The summed E-state index contributed by atoms with van der Waals surface area (Å²) in [5.41, 5.74) is 0.635. The second kappa shape index (κ2) is 10.6. The monoisotopic (exact) mass is 651 g/mol. The van der Waals surface area contributed by atoms with Crippen molar-refractivity contribution in [3.63, 3.8) is 0 Å². The largest absolute Gasteiger partial charge is 0.501 e. The van der Waals surface area contributed by atoms with Crippen LogP contribution < -0.4 is 19.6 Å². The zero-order chi connectivity index (χ0) is 27.0. The Balaban J connectivity index is 1.97. The van der Waals surface area contributed by atoms with Crippen LogP contribution in [0.4, 0.5) is 5.69 Å². The summed E-state index contributed by atoms with van der Waals surface area (Å²) in [4.78, 5) is 42.2. The van der Waals surface area contributed by atoms with E-state index in [0.717, 1.165) is 11.3 Å². The first-order valence-corrected chi connectivity index (χ1v) is 13.2. The molecule has 10 nitrogen and oxygen atoms in total. The number of nitro benzene ring substituents is 1. The van der Waals surface area contributed by atoms with Crippen LogP contribution in [0, 0.1) is 10.1 Å². The summed E-state index contributed by atoms with van der Waals surface area (Å²) >= 11 is 7.66. The van der Waals surface area contributed by atoms with Gasteiger partial charge in [-0.25, -0.2) is 9.79 Å². The van der Waals surface area contributed by atoms with Crippen LogP contribution in [0.5, 0.6) is 11.5 Å². The molecule has 1 aromatic heterocycles. The molecule has 0 saturated carbocycles. The quantitative estimate of drug-likeness (QED) is 0.242. The third-order valence-electron chi connectivity index (χ3n) is 5.57. The number of rotatable bonds is 6. The van der Waals surface area contributed by atoms with E-state index in [1.54, 1.807) is 32.0 Å². The average molecular weight is 653 g/mol. The molecule has 0 saturated heterocycles. The second-order valence-electron chi connectivity index (χ2n) is 7.82. The van der Waals surface area contributed by atoms with E-state index < -0.39 is 33.9 Å². The van der Waals surface area contributed by atoms with Crippen LogP contribution in [-0.4, -0.2) is 34.3 Å². The lowest BCUT2D eigenvalue weighted by atomic mass is 9.96. The number of esters is 1. The van der Waals surface area contributed by atoms with Crippen LogP contribution in [0.2, 0.25) is 0 Å². The van der Waals surface area contributed by atoms with E-state index in [4.69, 9.17) is 9.47 Å². The Morgan fingerprint density at radius 1 is 1.30 bits per heavy atom. The van der Waals surface area contributed by atoms with E-state index in [1.165, 1.54) is 29.9 Å². The number of hydrogen-bond donors (Lipinski definition) is 1. The summed E-state index contributed by atoms with van der Waals surface area (Å²) in [7, 11) is 1.53. The lowest BCUT2D eigenvalue weighted by molar-refractivity contribution is -0.386. The maximum Gasteiger partial charge on any atom is 0.338 e. The molecule has 1 aliphatic rings. The number of aromatic nitrogens is 1. The number of phenolic OH excluding ortho intramolecular Hbond substituents is 1. The fourth-order valence-corrected chi connectivity index (χ4v) is 6.01. The van der Waals surface area contributed by atoms with Crippen molar-refractivity contribution in [1.82, 2.24) is 4.57 Å². The molecular formula is C24H19Br2N3O7S. The van der Waals surface area contributed by atoms with Crippen molar-refractivity contribution in [3.05, 3.63) is 91.5 Å². The fourth-order valence-electron chi connectivity index (χ4n) is 3.94. The molecule has 2 heterocycles. The highest BCUT2D eigenvalue weighted by Crippen LogP contribution is 2.36. The SMILES string of the molecule is CCOC(=O)C1=C(C)N=c2s/c(=C\c3cc(Br)c(O)c([N+](=O)[O-])c3)c(=O)n2[C@@H]1c1ccc(OC)c(Br)c1.